The van der Waals surface area contributed by atoms with Gasteiger partial charge in [-0.1, -0.05) is 30.4 Å². The van der Waals surface area contributed by atoms with Crippen molar-refractivity contribution in [3.63, 3.8) is 0 Å². The summed E-state index contributed by atoms with van der Waals surface area (Å²) in [6.07, 6.45) is -1.75. The van der Waals surface area contributed by atoms with E-state index in [1.54, 1.807) is 30.4 Å². The Morgan fingerprint density at radius 2 is 2.07 bits per heavy atom. The maximum absolute atomic E-state index is 15.1. The minimum Gasteiger partial charge on any atom is -0.449 e. The van der Waals surface area contributed by atoms with Crippen LogP contribution in [0.3, 0.4) is 0 Å². The summed E-state index contributed by atoms with van der Waals surface area (Å²) in [5.74, 6) is -4.52. The first-order chi connectivity index (χ1) is 12.9. The predicted molar refractivity (Wildman–Crippen MR) is 90.4 cm³/mol. The number of nitrogens with zero attached hydrogens (tertiary/aromatic N) is 1. The first-order valence-corrected chi connectivity index (χ1v) is 8.43. The molecule has 0 bridgehead atoms. The lowest BCUT2D eigenvalue weighted by atomic mass is 10.1. The molecule has 27 heavy (non-hydrogen) atoms. The summed E-state index contributed by atoms with van der Waals surface area (Å²) >= 11 is 0. The van der Waals surface area contributed by atoms with Crippen molar-refractivity contribution in [2.24, 2.45) is 0 Å². The number of nitrogens with one attached hydrogen (secondary N) is 1. The quantitative estimate of drug-likeness (QED) is 0.621. The fourth-order valence-corrected chi connectivity index (χ4v) is 3.00. The van der Waals surface area contributed by atoms with E-state index in [1.807, 2.05) is 0 Å². The van der Waals surface area contributed by atoms with E-state index in [1.165, 1.54) is 19.2 Å². The number of carbonyl (C=O) groups is 2. The fourth-order valence-electron chi connectivity index (χ4n) is 3.00. The van der Waals surface area contributed by atoms with Gasteiger partial charge in [-0.2, -0.15) is 8.78 Å². The summed E-state index contributed by atoms with van der Waals surface area (Å²) < 4.78 is 45.7. The molecule has 1 aromatic carbocycles. The highest BCUT2D eigenvalue weighted by Gasteiger charge is 2.64. The summed E-state index contributed by atoms with van der Waals surface area (Å²) in [7, 11) is 1.33. The molecule has 2 amide bonds. The summed E-state index contributed by atoms with van der Waals surface area (Å²) in [6, 6.07) is 7.14. The van der Waals surface area contributed by atoms with Crippen LogP contribution in [0.2, 0.25) is 0 Å². The van der Waals surface area contributed by atoms with Gasteiger partial charge in [-0.15, -0.1) is 0 Å². The molecule has 3 atom stereocenters. The SMILES string of the molecule is COCC1OC(N2CC=CCNC2=O)C(F)(F)C1OC(=O)c1ccccc1. The monoisotopic (exact) mass is 382 g/mol. The molecule has 0 aromatic heterocycles. The molecular weight excluding hydrogens is 362 g/mol. The summed E-state index contributed by atoms with van der Waals surface area (Å²) in [5, 5.41) is 2.49. The zero-order valence-electron chi connectivity index (χ0n) is 14.6. The van der Waals surface area contributed by atoms with Crippen molar-refractivity contribution >= 4 is 12.0 Å². The van der Waals surface area contributed by atoms with E-state index in [-0.39, 0.29) is 25.3 Å². The van der Waals surface area contributed by atoms with E-state index in [2.05, 4.69) is 5.32 Å². The molecule has 1 N–H and O–H groups in total. The van der Waals surface area contributed by atoms with Crippen LogP contribution in [-0.2, 0) is 14.2 Å². The third-order valence-corrected chi connectivity index (χ3v) is 4.31. The van der Waals surface area contributed by atoms with Crippen molar-refractivity contribution in [1.29, 1.82) is 0 Å². The predicted octanol–water partition coefficient (Wildman–Crippen LogP) is 1.80. The van der Waals surface area contributed by atoms with Gasteiger partial charge in [0.05, 0.1) is 12.2 Å². The average molecular weight is 382 g/mol. The van der Waals surface area contributed by atoms with E-state index in [9.17, 15) is 9.59 Å². The molecule has 2 aliphatic heterocycles. The number of urea groups is 1. The Morgan fingerprint density at radius 1 is 1.33 bits per heavy atom. The molecule has 3 unspecified atom stereocenters. The lowest BCUT2D eigenvalue weighted by Crippen LogP contribution is -2.54. The largest absolute Gasteiger partial charge is 0.449 e. The summed E-state index contributed by atoms with van der Waals surface area (Å²) in [5.41, 5.74) is 0.142. The van der Waals surface area contributed by atoms with Crippen molar-refractivity contribution < 1.29 is 32.6 Å². The first kappa shape index (κ1) is 19.2. The van der Waals surface area contributed by atoms with Crippen LogP contribution in [0.4, 0.5) is 13.6 Å². The summed E-state index contributed by atoms with van der Waals surface area (Å²) in [6.45, 7) is -0.0309. The zero-order valence-corrected chi connectivity index (χ0v) is 14.6. The Kier molecular flexibility index (Phi) is 5.71. The smallest absolute Gasteiger partial charge is 0.338 e. The third kappa shape index (κ3) is 3.93. The first-order valence-electron chi connectivity index (χ1n) is 8.43. The highest BCUT2D eigenvalue weighted by Crippen LogP contribution is 2.40. The van der Waals surface area contributed by atoms with Gasteiger partial charge in [0, 0.05) is 20.2 Å². The number of benzene rings is 1. The van der Waals surface area contributed by atoms with Gasteiger partial charge in [-0.25, -0.2) is 9.59 Å². The molecule has 2 aliphatic rings. The Hall–Kier alpha value is -2.52. The average Bonchev–Trinajstić information content (AvgIpc) is 2.79. The molecule has 0 spiro atoms. The molecule has 1 saturated heterocycles. The minimum atomic E-state index is -3.62. The number of carbonyl (C=O) groups excluding carboxylic acids is 2. The third-order valence-electron chi connectivity index (χ3n) is 4.31. The van der Waals surface area contributed by atoms with Crippen LogP contribution >= 0.6 is 0 Å². The number of methoxy groups -OCH3 is 1. The molecule has 7 nitrogen and oxygen atoms in total. The number of alkyl halides is 2. The molecule has 0 radical (unpaired) electrons. The molecule has 1 fully saturated rings. The van der Waals surface area contributed by atoms with Crippen molar-refractivity contribution in [3.8, 4) is 0 Å². The number of hydrogen-bond donors (Lipinski definition) is 1. The second-order valence-corrected chi connectivity index (χ2v) is 6.16. The van der Waals surface area contributed by atoms with Crippen molar-refractivity contribution in [2.75, 3.05) is 26.8 Å². The van der Waals surface area contributed by atoms with Gasteiger partial charge in [0.2, 0.25) is 6.23 Å². The molecule has 0 saturated carbocycles. The molecule has 3 rings (SSSR count). The molecule has 2 heterocycles. The Balaban J connectivity index is 1.84. The number of halogens is 2. The lowest BCUT2D eigenvalue weighted by Gasteiger charge is -2.30. The number of rotatable bonds is 5. The van der Waals surface area contributed by atoms with E-state index in [4.69, 9.17) is 14.2 Å². The molecule has 0 aliphatic carbocycles. The lowest BCUT2D eigenvalue weighted by molar-refractivity contribution is -0.153. The maximum atomic E-state index is 15.1. The van der Waals surface area contributed by atoms with Gasteiger partial charge < -0.3 is 19.5 Å². The summed E-state index contributed by atoms with van der Waals surface area (Å²) in [4.78, 5) is 25.3. The zero-order chi connectivity index (χ0) is 19.4. The van der Waals surface area contributed by atoms with Crippen molar-refractivity contribution in [3.05, 3.63) is 48.0 Å². The number of amides is 2. The van der Waals surface area contributed by atoms with Crippen molar-refractivity contribution in [2.45, 2.75) is 24.4 Å². The Bertz CT molecular complexity index is 713. The number of esters is 1. The van der Waals surface area contributed by atoms with Crippen LogP contribution in [0.5, 0.6) is 0 Å². The Morgan fingerprint density at radius 3 is 2.78 bits per heavy atom. The van der Waals surface area contributed by atoms with Crippen molar-refractivity contribution in [1.82, 2.24) is 10.2 Å². The van der Waals surface area contributed by atoms with Crippen LogP contribution < -0.4 is 5.32 Å². The van der Waals surface area contributed by atoms with Gasteiger partial charge in [0.15, 0.2) is 6.10 Å². The molecular formula is C18H20F2N2O5. The van der Waals surface area contributed by atoms with Gasteiger partial charge in [0.25, 0.3) is 0 Å². The maximum Gasteiger partial charge on any atom is 0.338 e. The number of ether oxygens (including phenoxy) is 3. The molecule has 9 heteroatoms. The topological polar surface area (TPSA) is 77.1 Å². The van der Waals surface area contributed by atoms with Crippen LogP contribution in [0.15, 0.2) is 42.5 Å². The highest BCUT2D eigenvalue weighted by molar-refractivity contribution is 5.89. The van der Waals surface area contributed by atoms with E-state index in [0.29, 0.717) is 0 Å². The van der Waals surface area contributed by atoms with E-state index in [0.717, 1.165) is 4.90 Å². The van der Waals surface area contributed by atoms with Crippen LogP contribution in [0.1, 0.15) is 10.4 Å². The Labute approximate surface area is 154 Å². The van der Waals surface area contributed by atoms with Gasteiger partial charge in [-0.3, -0.25) is 4.90 Å². The van der Waals surface area contributed by atoms with Crippen LogP contribution in [0.25, 0.3) is 0 Å². The standard InChI is InChI=1S/C18H20F2N2O5/c1-25-11-13-14(27-15(23)12-7-3-2-4-8-12)18(19,20)16(26-13)22-10-6-5-9-21-17(22)24/h2-8,13-14,16H,9-11H2,1H3,(H,21,24). The van der Waals surface area contributed by atoms with E-state index >= 15 is 8.78 Å². The molecule has 146 valence electrons. The molecule has 1 aromatic rings. The van der Waals surface area contributed by atoms with Crippen LogP contribution in [0, 0.1) is 0 Å². The van der Waals surface area contributed by atoms with Gasteiger partial charge in [0.1, 0.15) is 6.10 Å². The second-order valence-electron chi connectivity index (χ2n) is 6.16. The van der Waals surface area contributed by atoms with Gasteiger partial charge >= 0.3 is 17.9 Å². The highest BCUT2D eigenvalue weighted by atomic mass is 19.3. The van der Waals surface area contributed by atoms with E-state index < -0.39 is 36.4 Å². The van der Waals surface area contributed by atoms with Gasteiger partial charge in [-0.05, 0) is 12.1 Å². The number of hydrogen-bond acceptors (Lipinski definition) is 5. The van der Waals surface area contributed by atoms with Crippen LogP contribution in [-0.4, -0.2) is 68.1 Å². The minimum absolute atomic E-state index is 0.0505. The second kappa shape index (κ2) is 8.01. The fraction of sp³-hybridized carbons (Fsp3) is 0.444. The normalized spacial score (nSPS) is 27.1.